The van der Waals surface area contributed by atoms with E-state index in [0.29, 0.717) is 56.1 Å². The first kappa shape index (κ1) is 25.7. The quantitative estimate of drug-likeness (QED) is 0.494. The minimum atomic E-state index is -0.574. The number of piperidine rings is 2. The molecular formula is C27H33ClN6O2. The molecule has 190 valence electrons. The van der Waals surface area contributed by atoms with Gasteiger partial charge in [-0.2, -0.15) is 0 Å². The lowest BCUT2D eigenvalue weighted by molar-refractivity contribution is -0.139. The molecule has 36 heavy (non-hydrogen) atoms. The van der Waals surface area contributed by atoms with Gasteiger partial charge in [0.25, 0.3) is 0 Å². The van der Waals surface area contributed by atoms with Gasteiger partial charge in [0.05, 0.1) is 16.8 Å². The third-order valence-corrected chi connectivity index (χ3v) is 7.50. The number of anilines is 2. The van der Waals surface area contributed by atoms with E-state index in [1.807, 2.05) is 35.2 Å². The molecule has 2 saturated heterocycles. The van der Waals surface area contributed by atoms with E-state index >= 15 is 0 Å². The summed E-state index contributed by atoms with van der Waals surface area (Å²) in [4.78, 5) is 18.1. The molecule has 2 aromatic carbocycles. The van der Waals surface area contributed by atoms with Crippen molar-refractivity contribution in [2.75, 3.05) is 36.8 Å². The lowest BCUT2D eigenvalue weighted by Gasteiger charge is -2.45. The molecule has 9 heteroatoms. The Bertz CT molecular complexity index is 1190. The van der Waals surface area contributed by atoms with Crippen LogP contribution < -0.4 is 16.4 Å². The standard InChI is InChI=1S/C27H32N6O2.ClH/c28-20-10-14-33(15-11-20)26(35)27(19-6-2-1-3-7-19)12-16-32(17-13-27)23-18-22(30-31-25(23)29)21-8-4-5-9-24(21)34;/h1-9,18,20,34H,10-17,28H2,(H2,29,31);1H. The Kier molecular flexibility index (Phi) is 7.66. The molecule has 5 N–H and O–H groups in total. The Hall–Kier alpha value is -3.36. The van der Waals surface area contributed by atoms with Gasteiger partial charge >= 0.3 is 0 Å². The molecular weight excluding hydrogens is 476 g/mol. The summed E-state index contributed by atoms with van der Waals surface area (Å²) in [5.41, 5.74) is 14.8. The number of phenols is 1. The Morgan fingerprint density at radius 2 is 1.58 bits per heavy atom. The molecule has 0 unspecified atom stereocenters. The molecule has 3 aromatic rings. The third kappa shape index (κ3) is 4.83. The second-order valence-electron chi connectivity index (χ2n) is 9.58. The molecule has 0 spiro atoms. The number of hydrogen-bond donors (Lipinski definition) is 3. The number of para-hydroxylation sites is 1. The first-order chi connectivity index (χ1) is 17.0. The first-order valence-electron chi connectivity index (χ1n) is 12.2. The van der Waals surface area contributed by atoms with Crippen molar-refractivity contribution in [1.82, 2.24) is 15.1 Å². The third-order valence-electron chi connectivity index (χ3n) is 7.50. The Balaban J connectivity index is 0.00000304. The minimum absolute atomic E-state index is 0. The molecule has 0 saturated carbocycles. The van der Waals surface area contributed by atoms with Crippen LogP contribution in [0.25, 0.3) is 11.3 Å². The summed E-state index contributed by atoms with van der Waals surface area (Å²) in [5, 5.41) is 18.6. The molecule has 2 aliphatic heterocycles. The van der Waals surface area contributed by atoms with E-state index in [4.69, 9.17) is 11.5 Å². The number of carbonyl (C=O) groups is 1. The predicted molar refractivity (Wildman–Crippen MR) is 144 cm³/mol. The number of halogens is 1. The summed E-state index contributed by atoms with van der Waals surface area (Å²) < 4.78 is 0. The van der Waals surface area contributed by atoms with Gasteiger partial charge in [-0.25, -0.2) is 0 Å². The summed E-state index contributed by atoms with van der Waals surface area (Å²) >= 11 is 0. The normalized spacial score (nSPS) is 17.9. The molecule has 5 rings (SSSR count). The van der Waals surface area contributed by atoms with Gasteiger partial charge in [0.1, 0.15) is 5.75 Å². The molecule has 1 amide bonds. The smallest absolute Gasteiger partial charge is 0.233 e. The second kappa shape index (κ2) is 10.7. The summed E-state index contributed by atoms with van der Waals surface area (Å²) in [6.45, 7) is 2.74. The van der Waals surface area contributed by atoms with Crippen molar-refractivity contribution in [3.05, 3.63) is 66.2 Å². The second-order valence-corrected chi connectivity index (χ2v) is 9.58. The van der Waals surface area contributed by atoms with E-state index in [1.54, 1.807) is 18.2 Å². The number of phenolic OH excluding ortho intramolecular Hbond substituents is 1. The molecule has 0 bridgehead atoms. The van der Waals surface area contributed by atoms with Crippen LogP contribution >= 0.6 is 12.4 Å². The number of hydrogen-bond acceptors (Lipinski definition) is 7. The van der Waals surface area contributed by atoms with Gasteiger partial charge in [0, 0.05) is 37.8 Å². The van der Waals surface area contributed by atoms with Gasteiger partial charge in [-0.3, -0.25) is 4.79 Å². The van der Waals surface area contributed by atoms with E-state index in [1.165, 1.54) is 0 Å². The maximum Gasteiger partial charge on any atom is 0.233 e. The van der Waals surface area contributed by atoms with Crippen molar-refractivity contribution >= 4 is 29.8 Å². The van der Waals surface area contributed by atoms with Crippen LogP contribution in [0, 0.1) is 0 Å². The van der Waals surface area contributed by atoms with Gasteiger partial charge in [-0.1, -0.05) is 42.5 Å². The van der Waals surface area contributed by atoms with Crippen LogP contribution in [0.1, 0.15) is 31.2 Å². The maximum absolute atomic E-state index is 14.0. The number of aromatic hydroxyl groups is 1. The van der Waals surface area contributed by atoms with Gasteiger partial charge < -0.3 is 26.4 Å². The van der Waals surface area contributed by atoms with Gasteiger partial charge in [0.15, 0.2) is 5.82 Å². The van der Waals surface area contributed by atoms with Crippen molar-refractivity contribution in [2.45, 2.75) is 37.1 Å². The van der Waals surface area contributed by atoms with Crippen molar-refractivity contribution in [3.8, 4) is 17.0 Å². The molecule has 8 nitrogen and oxygen atoms in total. The molecule has 2 aliphatic rings. The lowest BCUT2D eigenvalue weighted by Crippen LogP contribution is -2.55. The van der Waals surface area contributed by atoms with E-state index in [-0.39, 0.29) is 30.1 Å². The number of aromatic nitrogens is 2. The topological polar surface area (TPSA) is 122 Å². The highest BCUT2D eigenvalue weighted by molar-refractivity contribution is 5.89. The highest BCUT2D eigenvalue weighted by Gasteiger charge is 2.45. The van der Waals surface area contributed by atoms with Crippen LogP contribution in [0.2, 0.25) is 0 Å². The number of carbonyl (C=O) groups excluding carboxylic acids is 1. The summed E-state index contributed by atoms with van der Waals surface area (Å²) in [6, 6.07) is 19.2. The van der Waals surface area contributed by atoms with Crippen LogP contribution in [0.5, 0.6) is 5.75 Å². The first-order valence-corrected chi connectivity index (χ1v) is 12.2. The number of likely N-dealkylation sites (tertiary alicyclic amines) is 1. The van der Waals surface area contributed by atoms with Crippen molar-refractivity contribution < 1.29 is 9.90 Å². The monoisotopic (exact) mass is 508 g/mol. The number of nitrogens with two attached hydrogens (primary N) is 2. The summed E-state index contributed by atoms with van der Waals surface area (Å²) in [5.74, 6) is 0.685. The zero-order chi connectivity index (χ0) is 24.4. The van der Waals surface area contributed by atoms with E-state index in [9.17, 15) is 9.90 Å². The fourth-order valence-corrected chi connectivity index (χ4v) is 5.38. The number of rotatable bonds is 4. The largest absolute Gasteiger partial charge is 0.507 e. The van der Waals surface area contributed by atoms with E-state index < -0.39 is 5.41 Å². The van der Waals surface area contributed by atoms with Gasteiger partial charge in [-0.05, 0) is 49.4 Å². The average Bonchev–Trinajstić information content (AvgIpc) is 2.90. The SMILES string of the molecule is Cl.Nc1nnc(-c2ccccc2O)cc1N1CCC(C(=O)N2CCC(N)CC2)(c2ccccc2)CC1. The van der Waals surface area contributed by atoms with Gasteiger partial charge in [0.2, 0.25) is 5.91 Å². The van der Waals surface area contributed by atoms with Crippen LogP contribution in [0.15, 0.2) is 60.7 Å². The Morgan fingerprint density at radius 3 is 2.25 bits per heavy atom. The van der Waals surface area contributed by atoms with E-state index in [2.05, 4.69) is 27.2 Å². The minimum Gasteiger partial charge on any atom is -0.507 e. The molecule has 0 radical (unpaired) electrons. The Morgan fingerprint density at radius 1 is 0.944 bits per heavy atom. The molecule has 0 aliphatic carbocycles. The number of nitrogens with zero attached hydrogens (tertiary/aromatic N) is 4. The van der Waals surface area contributed by atoms with Crippen molar-refractivity contribution in [2.24, 2.45) is 5.73 Å². The van der Waals surface area contributed by atoms with Crippen molar-refractivity contribution in [1.29, 1.82) is 0 Å². The van der Waals surface area contributed by atoms with Crippen LogP contribution in [0.3, 0.4) is 0 Å². The highest BCUT2D eigenvalue weighted by Crippen LogP contribution is 2.40. The molecule has 2 fully saturated rings. The van der Waals surface area contributed by atoms with Crippen molar-refractivity contribution in [3.63, 3.8) is 0 Å². The predicted octanol–water partition coefficient (Wildman–Crippen LogP) is 3.34. The fourth-order valence-electron chi connectivity index (χ4n) is 5.38. The Labute approximate surface area is 217 Å². The fraction of sp³-hybridized carbons (Fsp3) is 0.370. The van der Waals surface area contributed by atoms with Crippen LogP contribution in [-0.2, 0) is 10.2 Å². The number of nitrogen functional groups attached to an aromatic ring is 1. The molecule has 3 heterocycles. The highest BCUT2D eigenvalue weighted by atomic mass is 35.5. The number of amides is 1. The molecule has 0 atom stereocenters. The summed E-state index contributed by atoms with van der Waals surface area (Å²) in [6.07, 6.45) is 3.03. The van der Waals surface area contributed by atoms with E-state index in [0.717, 1.165) is 24.1 Å². The zero-order valence-corrected chi connectivity index (χ0v) is 21.0. The lowest BCUT2D eigenvalue weighted by atomic mass is 9.71. The average molecular weight is 509 g/mol. The summed E-state index contributed by atoms with van der Waals surface area (Å²) in [7, 11) is 0. The van der Waals surface area contributed by atoms with Crippen LogP contribution in [-0.4, -0.2) is 58.3 Å². The maximum atomic E-state index is 14.0. The van der Waals surface area contributed by atoms with Crippen LogP contribution in [0.4, 0.5) is 11.5 Å². The number of benzene rings is 2. The zero-order valence-electron chi connectivity index (χ0n) is 20.2. The van der Waals surface area contributed by atoms with Gasteiger partial charge in [-0.15, -0.1) is 22.6 Å². The molecule has 1 aromatic heterocycles.